The maximum absolute atomic E-state index is 12.9. The van der Waals surface area contributed by atoms with Crippen LogP contribution in [-0.2, 0) is 15.6 Å². The molecule has 124 valence electrons. The number of rotatable bonds is 3. The highest BCUT2D eigenvalue weighted by molar-refractivity contribution is 7.90. The van der Waals surface area contributed by atoms with E-state index in [1.165, 1.54) is 12.1 Å². The number of para-hydroxylation sites is 1. The number of nitrogens with zero attached hydrogens (tertiary/aromatic N) is 2. The van der Waals surface area contributed by atoms with Gasteiger partial charge in [0.2, 0.25) is 11.2 Å². The number of aromatic nitrogens is 2. The zero-order valence-corrected chi connectivity index (χ0v) is 14.0. The highest BCUT2D eigenvalue weighted by Gasteiger charge is 2.25. The fourth-order valence-electron chi connectivity index (χ4n) is 2.99. The minimum atomic E-state index is -3.64. The summed E-state index contributed by atoms with van der Waals surface area (Å²) >= 11 is 0. The van der Waals surface area contributed by atoms with Crippen molar-refractivity contribution < 1.29 is 13.1 Å². The normalized spacial score (nSPS) is 11.8. The first kappa shape index (κ1) is 15.5. The first-order chi connectivity index (χ1) is 12.1. The number of hydrogen-bond donors (Lipinski definition) is 0. The van der Waals surface area contributed by atoms with E-state index in [4.69, 9.17) is 0 Å². The van der Waals surface area contributed by atoms with Crippen LogP contribution in [-0.4, -0.2) is 13.4 Å². The Bertz CT molecular complexity index is 1190. The van der Waals surface area contributed by atoms with E-state index >= 15 is 0 Å². The monoisotopic (exact) mass is 350 g/mol. The van der Waals surface area contributed by atoms with Gasteiger partial charge >= 0.3 is 0 Å². The second-order valence-electron chi connectivity index (χ2n) is 5.73. The number of fused-ring (bicyclic) bond motifs is 3. The van der Waals surface area contributed by atoms with Crippen LogP contribution in [0.4, 0.5) is 0 Å². The molecule has 0 spiro atoms. The molecule has 0 unspecified atom stereocenters. The van der Waals surface area contributed by atoms with Crippen LogP contribution in [0.2, 0.25) is 0 Å². The smallest absolute Gasteiger partial charge is 0.226 e. The van der Waals surface area contributed by atoms with E-state index in [1.807, 2.05) is 12.1 Å². The van der Waals surface area contributed by atoms with Gasteiger partial charge in [-0.3, -0.25) is 4.98 Å². The van der Waals surface area contributed by atoms with Crippen molar-refractivity contribution in [1.29, 1.82) is 0 Å². The average molecular weight is 350 g/mol. The Balaban J connectivity index is 1.99. The Hall–Kier alpha value is -2.99. The molecular formula is C19H14N2O3S. The van der Waals surface area contributed by atoms with Crippen molar-refractivity contribution in [1.82, 2.24) is 4.98 Å². The average Bonchev–Trinajstić information content (AvgIpc) is 2.66. The van der Waals surface area contributed by atoms with E-state index in [0.717, 1.165) is 0 Å². The quantitative estimate of drug-likeness (QED) is 0.323. The van der Waals surface area contributed by atoms with E-state index in [2.05, 4.69) is 4.98 Å². The molecule has 0 saturated carbocycles. The highest BCUT2D eigenvalue weighted by Crippen LogP contribution is 2.25. The highest BCUT2D eigenvalue weighted by atomic mass is 32.2. The summed E-state index contributed by atoms with van der Waals surface area (Å²) in [5, 5.41) is 14.1. The van der Waals surface area contributed by atoms with Gasteiger partial charge in [-0.1, -0.05) is 30.3 Å². The maximum Gasteiger partial charge on any atom is 0.226 e. The second-order valence-corrected chi connectivity index (χ2v) is 7.72. The summed E-state index contributed by atoms with van der Waals surface area (Å²) in [4.78, 5) is 4.56. The van der Waals surface area contributed by atoms with Crippen molar-refractivity contribution in [3.05, 3.63) is 83.8 Å². The third kappa shape index (κ3) is 2.60. The van der Waals surface area contributed by atoms with E-state index in [1.54, 1.807) is 48.7 Å². The predicted molar refractivity (Wildman–Crippen MR) is 95.5 cm³/mol. The van der Waals surface area contributed by atoms with E-state index in [0.29, 0.717) is 26.5 Å². The van der Waals surface area contributed by atoms with Crippen molar-refractivity contribution in [2.24, 2.45) is 0 Å². The zero-order chi connectivity index (χ0) is 17.4. The summed E-state index contributed by atoms with van der Waals surface area (Å²) in [5.74, 6) is -0.381. The molecule has 0 N–H and O–H groups in total. The fraction of sp³-hybridized carbons (Fsp3) is 0.0526. The van der Waals surface area contributed by atoms with Crippen LogP contribution < -0.4 is 4.73 Å². The molecule has 0 saturated heterocycles. The van der Waals surface area contributed by atoms with Crippen molar-refractivity contribution in [2.75, 3.05) is 0 Å². The van der Waals surface area contributed by atoms with Gasteiger partial charge in [0.25, 0.3) is 0 Å². The lowest BCUT2D eigenvalue weighted by atomic mass is 10.1. The van der Waals surface area contributed by atoms with Crippen molar-refractivity contribution in [2.45, 2.75) is 10.6 Å². The Morgan fingerprint density at radius 3 is 2.36 bits per heavy atom. The van der Waals surface area contributed by atoms with Crippen LogP contribution >= 0.6 is 0 Å². The van der Waals surface area contributed by atoms with E-state index in [9.17, 15) is 13.6 Å². The standard InChI is InChI=1S/C19H14N2O3S/c22-21-17-11-5-4-9-15(17)19-16(10-6-12-20-19)18(21)13-25(23,24)14-7-2-1-3-8-14/h1-12H,13H2. The predicted octanol–water partition coefficient (Wildman–Crippen LogP) is 3.00. The number of hydrogen-bond acceptors (Lipinski definition) is 4. The minimum absolute atomic E-state index is 0.186. The van der Waals surface area contributed by atoms with Gasteiger partial charge in [-0.25, -0.2) is 8.42 Å². The minimum Gasteiger partial charge on any atom is -0.618 e. The van der Waals surface area contributed by atoms with Crippen LogP contribution in [0.5, 0.6) is 0 Å². The summed E-state index contributed by atoms with van der Waals surface area (Å²) in [7, 11) is -3.64. The molecule has 2 heterocycles. The summed E-state index contributed by atoms with van der Waals surface area (Å²) in [5.41, 5.74) is 1.22. The van der Waals surface area contributed by atoms with Crippen LogP contribution in [0, 0.1) is 5.21 Å². The molecule has 4 rings (SSSR count). The van der Waals surface area contributed by atoms with Gasteiger partial charge in [0.05, 0.1) is 21.2 Å². The zero-order valence-electron chi connectivity index (χ0n) is 13.2. The van der Waals surface area contributed by atoms with Gasteiger partial charge in [-0.2, -0.15) is 4.73 Å². The topological polar surface area (TPSA) is 74.0 Å². The summed E-state index contributed by atoms with van der Waals surface area (Å²) in [6.07, 6.45) is 1.64. The Labute approximate surface area is 144 Å². The van der Waals surface area contributed by atoms with Gasteiger partial charge in [-0.15, -0.1) is 0 Å². The molecule has 0 atom stereocenters. The molecule has 25 heavy (non-hydrogen) atoms. The molecule has 0 amide bonds. The summed E-state index contributed by atoms with van der Waals surface area (Å²) in [6.45, 7) is 0. The van der Waals surface area contributed by atoms with Gasteiger partial charge in [0, 0.05) is 12.3 Å². The third-order valence-corrected chi connectivity index (χ3v) is 5.81. The first-order valence-electron chi connectivity index (χ1n) is 7.73. The summed E-state index contributed by atoms with van der Waals surface area (Å²) in [6, 6.07) is 18.7. The summed E-state index contributed by atoms with van der Waals surface area (Å²) < 4.78 is 26.2. The number of pyridine rings is 2. The lowest BCUT2D eigenvalue weighted by Gasteiger charge is -2.12. The van der Waals surface area contributed by atoms with Crippen molar-refractivity contribution in [3.63, 3.8) is 0 Å². The molecule has 6 heteroatoms. The Morgan fingerprint density at radius 1 is 0.880 bits per heavy atom. The molecule has 0 aliphatic heterocycles. The van der Waals surface area contributed by atoms with Gasteiger partial charge in [0.1, 0.15) is 5.75 Å². The Kier molecular flexibility index (Phi) is 3.62. The van der Waals surface area contributed by atoms with Crippen LogP contribution in [0.15, 0.2) is 77.8 Å². The third-order valence-electron chi connectivity index (χ3n) is 4.17. The van der Waals surface area contributed by atoms with Crippen LogP contribution in [0.3, 0.4) is 0 Å². The van der Waals surface area contributed by atoms with Crippen molar-refractivity contribution in [3.8, 4) is 0 Å². The number of benzene rings is 2. The van der Waals surface area contributed by atoms with Gasteiger partial charge in [0.15, 0.2) is 9.84 Å². The first-order valence-corrected chi connectivity index (χ1v) is 9.39. The molecular weight excluding hydrogens is 336 g/mol. The van der Waals surface area contributed by atoms with Gasteiger partial charge in [-0.05, 0) is 30.3 Å². The number of sulfone groups is 1. The van der Waals surface area contributed by atoms with Crippen LogP contribution in [0.25, 0.3) is 21.8 Å². The van der Waals surface area contributed by atoms with E-state index in [-0.39, 0.29) is 16.3 Å². The molecule has 0 aliphatic carbocycles. The lowest BCUT2D eigenvalue weighted by molar-refractivity contribution is -0.583. The molecule has 0 fully saturated rings. The fourth-order valence-corrected chi connectivity index (χ4v) is 4.36. The molecule has 4 aromatic rings. The molecule has 0 bridgehead atoms. The van der Waals surface area contributed by atoms with Gasteiger partial charge < -0.3 is 5.21 Å². The van der Waals surface area contributed by atoms with Crippen LogP contribution in [0.1, 0.15) is 5.69 Å². The Morgan fingerprint density at radius 2 is 1.56 bits per heavy atom. The lowest BCUT2D eigenvalue weighted by Crippen LogP contribution is -2.34. The van der Waals surface area contributed by atoms with E-state index < -0.39 is 9.84 Å². The SMILES string of the molecule is O=S(=O)(Cc1c2cccnc2c2ccccc2[n+]1[O-])c1ccccc1. The molecule has 0 aliphatic rings. The second kappa shape index (κ2) is 5.82. The molecule has 2 aromatic carbocycles. The maximum atomic E-state index is 12.9. The molecule has 2 aromatic heterocycles. The molecule has 5 nitrogen and oxygen atoms in total. The largest absolute Gasteiger partial charge is 0.618 e. The molecule has 0 radical (unpaired) electrons. The van der Waals surface area contributed by atoms with Crippen molar-refractivity contribution >= 4 is 31.6 Å².